The van der Waals surface area contributed by atoms with Gasteiger partial charge in [0, 0.05) is 11.4 Å². The maximum Gasteiger partial charge on any atom is 0.261 e. The van der Waals surface area contributed by atoms with E-state index in [1.807, 2.05) is 24.3 Å². The third-order valence-electron chi connectivity index (χ3n) is 3.87. The molecule has 2 aromatic rings. The van der Waals surface area contributed by atoms with E-state index in [9.17, 15) is 4.79 Å². The average Bonchev–Trinajstić information content (AvgIpc) is 3.13. The second kappa shape index (κ2) is 6.40. The normalized spacial score (nSPS) is 12.8. The van der Waals surface area contributed by atoms with Gasteiger partial charge in [0.25, 0.3) is 5.91 Å². The van der Waals surface area contributed by atoms with Gasteiger partial charge in [0.1, 0.15) is 0 Å². The fourth-order valence-corrected chi connectivity index (χ4v) is 3.87. The summed E-state index contributed by atoms with van der Waals surface area (Å²) in [6.45, 7) is 0.474. The van der Waals surface area contributed by atoms with E-state index in [1.165, 1.54) is 16.9 Å². The van der Waals surface area contributed by atoms with Gasteiger partial charge in [-0.3, -0.25) is 4.79 Å². The number of fused-ring (bicyclic) bond motifs is 1. The number of ether oxygens (including phenoxy) is 2. The molecule has 0 bridgehead atoms. The summed E-state index contributed by atoms with van der Waals surface area (Å²) in [4.78, 5) is 14.4. The third kappa shape index (κ3) is 2.95. The Morgan fingerprint density at radius 1 is 1.18 bits per heavy atom. The third-order valence-corrected chi connectivity index (χ3v) is 5.11. The van der Waals surface area contributed by atoms with Crippen LogP contribution in [0.15, 0.2) is 24.3 Å². The first kappa shape index (κ1) is 14.9. The van der Waals surface area contributed by atoms with Crippen LogP contribution in [0.1, 0.15) is 32.1 Å². The number of carbonyl (C=O) groups excluding carboxylic acids is 1. The second-order valence-corrected chi connectivity index (χ2v) is 6.42. The molecule has 0 saturated heterocycles. The molecule has 1 aromatic heterocycles. The smallest absolute Gasteiger partial charge is 0.261 e. The summed E-state index contributed by atoms with van der Waals surface area (Å²) in [6, 6.07) is 7.69. The highest BCUT2D eigenvalue weighted by Gasteiger charge is 2.18. The van der Waals surface area contributed by atoms with Crippen LogP contribution in [-0.2, 0) is 19.4 Å². The predicted octanol–water partition coefficient (Wildman–Crippen LogP) is 3.18. The molecule has 0 unspecified atom stereocenters. The monoisotopic (exact) mass is 317 g/mol. The molecule has 5 heteroatoms. The van der Waals surface area contributed by atoms with Crippen molar-refractivity contribution in [3.8, 4) is 11.5 Å². The highest BCUT2D eigenvalue weighted by molar-refractivity contribution is 7.14. The van der Waals surface area contributed by atoms with Crippen molar-refractivity contribution < 1.29 is 14.3 Å². The summed E-state index contributed by atoms with van der Waals surface area (Å²) in [6.07, 6.45) is 3.44. The molecule has 1 aliphatic rings. The van der Waals surface area contributed by atoms with Gasteiger partial charge < -0.3 is 14.8 Å². The molecule has 0 aliphatic heterocycles. The lowest BCUT2D eigenvalue weighted by molar-refractivity contribution is 0.0955. The highest BCUT2D eigenvalue weighted by atomic mass is 32.1. The van der Waals surface area contributed by atoms with Crippen LogP contribution in [0.2, 0.25) is 0 Å². The van der Waals surface area contributed by atoms with Gasteiger partial charge in [-0.1, -0.05) is 6.07 Å². The Balaban J connectivity index is 1.65. The average molecular weight is 317 g/mol. The fourth-order valence-electron chi connectivity index (χ4n) is 2.70. The molecule has 0 radical (unpaired) electrons. The Morgan fingerprint density at radius 2 is 2.00 bits per heavy atom. The lowest BCUT2D eigenvalue weighted by Gasteiger charge is -2.10. The van der Waals surface area contributed by atoms with Gasteiger partial charge in [0.05, 0.1) is 19.1 Å². The van der Waals surface area contributed by atoms with Crippen LogP contribution in [0, 0.1) is 0 Å². The molecule has 4 nitrogen and oxygen atoms in total. The quantitative estimate of drug-likeness (QED) is 0.921. The van der Waals surface area contributed by atoms with Crippen LogP contribution in [0.5, 0.6) is 11.5 Å². The molecule has 0 saturated carbocycles. The number of thiophene rings is 1. The van der Waals surface area contributed by atoms with E-state index in [0.29, 0.717) is 18.0 Å². The number of benzene rings is 1. The van der Waals surface area contributed by atoms with Crippen molar-refractivity contribution >= 4 is 17.2 Å². The molecule has 3 rings (SSSR count). The molecule has 1 heterocycles. The largest absolute Gasteiger partial charge is 0.493 e. The first-order valence-corrected chi connectivity index (χ1v) is 8.13. The van der Waals surface area contributed by atoms with E-state index in [0.717, 1.165) is 23.3 Å². The number of methoxy groups -OCH3 is 2. The molecule has 1 amide bonds. The Kier molecular flexibility index (Phi) is 4.34. The number of aryl methyl sites for hydroxylation is 2. The maximum atomic E-state index is 12.2. The summed E-state index contributed by atoms with van der Waals surface area (Å²) in [5, 5.41) is 2.97. The van der Waals surface area contributed by atoms with Gasteiger partial charge >= 0.3 is 0 Å². The number of hydrogen-bond acceptors (Lipinski definition) is 4. The predicted molar refractivity (Wildman–Crippen MR) is 87.1 cm³/mol. The first-order chi connectivity index (χ1) is 10.7. The van der Waals surface area contributed by atoms with Gasteiger partial charge in [-0.05, 0) is 48.6 Å². The topological polar surface area (TPSA) is 47.6 Å². The molecule has 1 aliphatic carbocycles. The Bertz CT molecular complexity index is 672. The summed E-state index contributed by atoms with van der Waals surface area (Å²) in [5.41, 5.74) is 2.33. The Labute approximate surface area is 134 Å². The lowest BCUT2D eigenvalue weighted by atomic mass is 10.2. The Morgan fingerprint density at radius 3 is 2.73 bits per heavy atom. The van der Waals surface area contributed by atoms with Crippen molar-refractivity contribution in [2.45, 2.75) is 25.8 Å². The minimum absolute atomic E-state index is 0.00538. The van der Waals surface area contributed by atoms with Gasteiger partial charge in [0.2, 0.25) is 0 Å². The van der Waals surface area contributed by atoms with Gasteiger partial charge in [-0.15, -0.1) is 11.3 Å². The zero-order valence-corrected chi connectivity index (χ0v) is 13.6. The van der Waals surface area contributed by atoms with E-state index in [2.05, 4.69) is 5.32 Å². The SMILES string of the molecule is COc1ccc(CNC(=O)c2cc3c(s2)CCC3)cc1OC. The number of carbonyl (C=O) groups is 1. The second-order valence-electron chi connectivity index (χ2n) is 5.28. The minimum atomic E-state index is -0.00538. The standard InChI is InChI=1S/C17H19NO3S/c1-20-13-7-6-11(8-14(13)21-2)10-18-17(19)16-9-12-4-3-5-15(12)22-16/h6-9H,3-5,10H2,1-2H3,(H,18,19). The first-order valence-electron chi connectivity index (χ1n) is 7.32. The molecule has 0 atom stereocenters. The van der Waals surface area contributed by atoms with Crippen molar-refractivity contribution in [3.63, 3.8) is 0 Å². The van der Waals surface area contributed by atoms with Crippen LogP contribution >= 0.6 is 11.3 Å². The zero-order chi connectivity index (χ0) is 15.5. The molecular weight excluding hydrogens is 298 g/mol. The molecule has 0 fully saturated rings. The molecule has 0 spiro atoms. The van der Waals surface area contributed by atoms with Crippen LogP contribution < -0.4 is 14.8 Å². The Hall–Kier alpha value is -2.01. The van der Waals surface area contributed by atoms with E-state index in [4.69, 9.17) is 9.47 Å². The summed E-state index contributed by atoms with van der Waals surface area (Å²) >= 11 is 1.62. The number of hydrogen-bond donors (Lipinski definition) is 1. The molecule has 22 heavy (non-hydrogen) atoms. The number of nitrogens with one attached hydrogen (secondary N) is 1. The maximum absolute atomic E-state index is 12.2. The van der Waals surface area contributed by atoms with Crippen molar-refractivity contribution in [2.75, 3.05) is 14.2 Å². The van der Waals surface area contributed by atoms with Crippen molar-refractivity contribution in [3.05, 3.63) is 45.1 Å². The zero-order valence-electron chi connectivity index (χ0n) is 12.8. The fraction of sp³-hybridized carbons (Fsp3) is 0.353. The number of amides is 1. The summed E-state index contributed by atoms with van der Waals surface area (Å²) in [5.74, 6) is 1.35. The van der Waals surface area contributed by atoms with E-state index < -0.39 is 0 Å². The summed E-state index contributed by atoms with van der Waals surface area (Å²) in [7, 11) is 3.21. The van der Waals surface area contributed by atoms with Gasteiger partial charge in [-0.25, -0.2) is 0 Å². The van der Waals surface area contributed by atoms with Crippen LogP contribution in [0.3, 0.4) is 0 Å². The van der Waals surface area contributed by atoms with Crippen molar-refractivity contribution in [1.29, 1.82) is 0 Å². The number of rotatable bonds is 5. The van der Waals surface area contributed by atoms with E-state index >= 15 is 0 Å². The van der Waals surface area contributed by atoms with Crippen molar-refractivity contribution in [1.82, 2.24) is 5.32 Å². The van der Waals surface area contributed by atoms with Crippen LogP contribution in [0.25, 0.3) is 0 Å². The minimum Gasteiger partial charge on any atom is -0.493 e. The van der Waals surface area contributed by atoms with Crippen LogP contribution in [-0.4, -0.2) is 20.1 Å². The molecule has 1 aromatic carbocycles. The highest BCUT2D eigenvalue weighted by Crippen LogP contribution is 2.31. The lowest BCUT2D eigenvalue weighted by Crippen LogP contribution is -2.21. The summed E-state index contributed by atoms with van der Waals surface area (Å²) < 4.78 is 10.5. The van der Waals surface area contributed by atoms with Gasteiger partial charge in [0.15, 0.2) is 11.5 Å². The van der Waals surface area contributed by atoms with E-state index in [1.54, 1.807) is 25.6 Å². The molecule has 1 N–H and O–H groups in total. The molecule has 116 valence electrons. The molecular formula is C17H19NO3S. The van der Waals surface area contributed by atoms with Gasteiger partial charge in [-0.2, -0.15) is 0 Å². The van der Waals surface area contributed by atoms with E-state index in [-0.39, 0.29) is 5.91 Å². The van der Waals surface area contributed by atoms with Crippen molar-refractivity contribution in [2.24, 2.45) is 0 Å². The van der Waals surface area contributed by atoms with Crippen LogP contribution in [0.4, 0.5) is 0 Å².